The van der Waals surface area contributed by atoms with Gasteiger partial charge in [-0.05, 0) is 48.2 Å². The maximum atomic E-state index is 12.2. The molecule has 0 aromatic heterocycles. The lowest BCUT2D eigenvalue weighted by Gasteiger charge is -2.13. The van der Waals surface area contributed by atoms with Gasteiger partial charge in [-0.25, -0.2) is 13.1 Å². The Bertz CT molecular complexity index is 728. The largest absolute Gasteiger partial charge is 0.497 e. The molecule has 0 amide bonds. The van der Waals surface area contributed by atoms with Gasteiger partial charge >= 0.3 is 0 Å². The number of rotatable bonds is 7. The second-order valence-corrected chi connectivity index (χ2v) is 7.46. The van der Waals surface area contributed by atoms with Crippen LogP contribution in [0.5, 0.6) is 5.75 Å². The van der Waals surface area contributed by atoms with E-state index >= 15 is 0 Å². The summed E-state index contributed by atoms with van der Waals surface area (Å²) < 4.78 is 31.8. The third-order valence-corrected chi connectivity index (χ3v) is 5.52. The minimum atomic E-state index is -3.67. The molecule has 0 radical (unpaired) electrons. The second kappa shape index (κ2) is 7.83. The third kappa shape index (κ3) is 4.71. The summed E-state index contributed by atoms with van der Waals surface area (Å²) in [4.78, 5) is 1.21. The van der Waals surface area contributed by atoms with Crippen LogP contribution in [0.3, 0.4) is 0 Å². The summed E-state index contributed by atoms with van der Waals surface area (Å²) in [5.41, 5.74) is 0.667. The monoisotopic (exact) mass is 353 g/mol. The highest BCUT2D eigenvalue weighted by Gasteiger charge is 2.16. The molecule has 124 valence electrons. The van der Waals surface area contributed by atoms with Crippen molar-refractivity contribution in [3.8, 4) is 5.75 Å². The van der Waals surface area contributed by atoms with Crippen molar-refractivity contribution < 1.29 is 18.3 Å². The summed E-state index contributed by atoms with van der Waals surface area (Å²) in [7, 11) is -2.16. The summed E-state index contributed by atoms with van der Waals surface area (Å²) in [6.45, 7) is -0.0903. The lowest BCUT2D eigenvalue weighted by Crippen LogP contribution is -2.28. The zero-order valence-electron chi connectivity index (χ0n) is 12.9. The van der Waals surface area contributed by atoms with Crippen LogP contribution >= 0.6 is 11.8 Å². The maximum absolute atomic E-state index is 12.2. The first-order valence-electron chi connectivity index (χ1n) is 6.92. The SMILES string of the molecule is COc1ccc(S(=O)(=O)NCC(O)c2ccc(SC)cc2)cc1. The van der Waals surface area contributed by atoms with Crippen LogP contribution in [0.15, 0.2) is 58.3 Å². The van der Waals surface area contributed by atoms with Crippen molar-refractivity contribution in [2.45, 2.75) is 15.9 Å². The van der Waals surface area contributed by atoms with Crippen molar-refractivity contribution in [1.29, 1.82) is 0 Å². The highest BCUT2D eigenvalue weighted by molar-refractivity contribution is 7.98. The van der Waals surface area contributed by atoms with Gasteiger partial charge in [0.25, 0.3) is 0 Å². The fourth-order valence-corrected chi connectivity index (χ4v) is 3.42. The van der Waals surface area contributed by atoms with Gasteiger partial charge in [0.05, 0.1) is 18.1 Å². The zero-order valence-corrected chi connectivity index (χ0v) is 14.5. The Morgan fingerprint density at radius 3 is 2.26 bits per heavy atom. The molecule has 0 saturated carbocycles. The molecule has 2 aromatic rings. The molecule has 0 heterocycles. The summed E-state index contributed by atoms with van der Waals surface area (Å²) >= 11 is 1.60. The van der Waals surface area contributed by atoms with Crippen LogP contribution in [0.1, 0.15) is 11.7 Å². The maximum Gasteiger partial charge on any atom is 0.240 e. The molecule has 2 rings (SSSR count). The van der Waals surface area contributed by atoms with E-state index in [9.17, 15) is 13.5 Å². The van der Waals surface area contributed by atoms with E-state index in [1.807, 2.05) is 18.4 Å². The van der Waals surface area contributed by atoms with Gasteiger partial charge in [-0.3, -0.25) is 0 Å². The van der Waals surface area contributed by atoms with Gasteiger partial charge in [0, 0.05) is 11.4 Å². The molecule has 5 nitrogen and oxygen atoms in total. The van der Waals surface area contributed by atoms with Gasteiger partial charge in [0.2, 0.25) is 10.0 Å². The molecule has 1 atom stereocenters. The number of aliphatic hydroxyl groups is 1. The summed E-state index contributed by atoms with van der Waals surface area (Å²) in [6.07, 6.45) is 1.06. The van der Waals surface area contributed by atoms with E-state index in [0.29, 0.717) is 11.3 Å². The molecule has 0 aliphatic heterocycles. The van der Waals surface area contributed by atoms with E-state index in [1.165, 1.54) is 19.2 Å². The topological polar surface area (TPSA) is 75.6 Å². The first-order valence-corrected chi connectivity index (χ1v) is 9.63. The molecule has 0 bridgehead atoms. The van der Waals surface area contributed by atoms with Crippen molar-refractivity contribution in [1.82, 2.24) is 4.72 Å². The van der Waals surface area contributed by atoms with Crippen LogP contribution in [0.2, 0.25) is 0 Å². The molecule has 0 aliphatic carbocycles. The van der Waals surface area contributed by atoms with Gasteiger partial charge < -0.3 is 9.84 Å². The van der Waals surface area contributed by atoms with E-state index in [1.54, 1.807) is 36.0 Å². The Labute approximate surface area is 140 Å². The van der Waals surface area contributed by atoms with Crippen molar-refractivity contribution in [2.75, 3.05) is 19.9 Å². The Balaban J connectivity index is 2.02. The van der Waals surface area contributed by atoms with E-state index in [-0.39, 0.29) is 11.4 Å². The highest BCUT2D eigenvalue weighted by Crippen LogP contribution is 2.20. The first kappa shape index (κ1) is 17.8. The normalized spacial score (nSPS) is 12.8. The molecule has 7 heteroatoms. The standard InChI is InChI=1S/C16H19NO4S2/c1-21-13-5-9-15(10-6-13)23(19,20)17-11-16(18)12-3-7-14(22-2)8-4-12/h3-10,16-18H,11H2,1-2H3. The molecule has 0 spiro atoms. The summed E-state index contributed by atoms with van der Waals surface area (Å²) in [5.74, 6) is 0.581. The average molecular weight is 353 g/mol. The number of sulfonamides is 1. The van der Waals surface area contributed by atoms with Gasteiger partial charge in [0.15, 0.2) is 0 Å². The van der Waals surface area contributed by atoms with Crippen molar-refractivity contribution >= 4 is 21.8 Å². The molecule has 2 N–H and O–H groups in total. The number of aliphatic hydroxyl groups excluding tert-OH is 1. The van der Waals surface area contributed by atoms with Crippen LogP contribution in [0.25, 0.3) is 0 Å². The Morgan fingerprint density at radius 2 is 1.74 bits per heavy atom. The lowest BCUT2D eigenvalue weighted by atomic mass is 10.1. The molecule has 0 fully saturated rings. The predicted octanol–water partition coefficient (Wildman–Crippen LogP) is 2.43. The van der Waals surface area contributed by atoms with Crippen LogP contribution in [-0.4, -0.2) is 33.4 Å². The third-order valence-electron chi connectivity index (χ3n) is 3.34. The van der Waals surface area contributed by atoms with E-state index < -0.39 is 16.1 Å². The number of nitrogens with one attached hydrogen (secondary N) is 1. The smallest absolute Gasteiger partial charge is 0.240 e. The molecule has 0 aliphatic rings. The van der Waals surface area contributed by atoms with Crippen molar-refractivity contribution in [2.24, 2.45) is 0 Å². The first-order chi connectivity index (χ1) is 11.0. The molecule has 2 aromatic carbocycles. The van der Waals surface area contributed by atoms with Gasteiger partial charge in [-0.15, -0.1) is 11.8 Å². The number of ether oxygens (including phenoxy) is 1. The molecule has 1 unspecified atom stereocenters. The quantitative estimate of drug-likeness (QED) is 0.748. The highest BCUT2D eigenvalue weighted by atomic mass is 32.2. The van der Waals surface area contributed by atoms with Gasteiger partial charge in [-0.2, -0.15) is 0 Å². The van der Waals surface area contributed by atoms with Crippen molar-refractivity contribution in [3.05, 3.63) is 54.1 Å². The number of methoxy groups -OCH3 is 1. The van der Waals surface area contributed by atoms with E-state index in [4.69, 9.17) is 4.74 Å². The minimum absolute atomic E-state index is 0.0903. The van der Waals surface area contributed by atoms with E-state index in [2.05, 4.69) is 4.72 Å². The molecular formula is C16H19NO4S2. The number of thioether (sulfide) groups is 1. The van der Waals surface area contributed by atoms with Crippen LogP contribution < -0.4 is 9.46 Å². The van der Waals surface area contributed by atoms with Gasteiger partial charge in [0.1, 0.15) is 5.75 Å². The second-order valence-electron chi connectivity index (χ2n) is 4.82. The summed E-state index contributed by atoms with van der Waals surface area (Å²) in [6, 6.07) is 13.4. The predicted molar refractivity (Wildman–Crippen MR) is 91.4 cm³/mol. The van der Waals surface area contributed by atoms with E-state index in [0.717, 1.165) is 4.90 Å². The van der Waals surface area contributed by atoms with Crippen LogP contribution in [0.4, 0.5) is 0 Å². The molecule has 0 saturated heterocycles. The van der Waals surface area contributed by atoms with Crippen molar-refractivity contribution in [3.63, 3.8) is 0 Å². The van der Waals surface area contributed by atoms with Gasteiger partial charge in [-0.1, -0.05) is 12.1 Å². The van der Waals surface area contributed by atoms with Crippen LogP contribution in [0, 0.1) is 0 Å². The minimum Gasteiger partial charge on any atom is -0.497 e. The fourth-order valence-electron chi connectivity index (χ4n) is 1.97. The summed E-state index contributed by atoms with van der Waals surface area (Å²) in [5, 5.41) is 10.1. The Morgan fingerprint density at radius 1 is 1.13 bits per heavy atom. The molecule has 23 heavy (non-hydrogen) atoms. The number of benzene rings is 2. The average Bonchev–Trinajstić information content (AvgIpc) is 2.60. The zero-order chi connectivity index (χ0) is 16.9. The number of hydrogen-bond donors (Lipinski definition) is 2. The Hall–Kier alpha value is -1.54. The molecular weight excluding hydrogens is 334 g/mol. The lowest BCUT2D eigenvalue weighted by molar-refractivity contribution is 0.182. The Kier molecular flexibility index (Phi) is 6.06. The van der Waals surface area contributed by atoms with Crippen LogP contribution in [-0.2, 0) is 10.0 Å². The number of hydrogen-bond acceptors (Lipinski definition) is 5. The fraction of sp³-hybridized carbons (Fsp3) is 0.250.